The van der Waals surface area contributed by atoms with E-state index in [9.17, 15) is 16.8 Å². The first-order valence-corrected chi connectivity index (χ1v) is 7.84. The normalized spacial score (nSPS) is 13.2. The predicted molar refractivity (Wildman–Crippen MR) is 69.4 cm³/mol. The summed E-state index contributed by atoms with van der Waals surface area (Å²) < 4.78 is 43.7. The van der Waals surface area contributed by atoms with Gasteiger partial charge in [-0.3, -0.25) is 0 Å². The first kappa shape index (κ1) is 15.8. The number of rotatable bonds is 8. The highest BCUT2D eigenvalue weighted by molar-refractivity contribution is 7.97. The average molecular weight is 277 g/mol. The lowest BCUT2D eigenvalue weighted by Gasteiger charge is -1.94. The fraction of sp³-hybridized carbons (Fsp3) is 0.200. The van der Waals surface area contributed by atoms with Gasteiger partial charge in [-0.15, -0.1) is 0 Å². The van der Waals surface area contributed by atoms with Crippen LogP contribution in [0.15, 0.2) is 46.9 Å². The van der Waals surface area contributed by atoms with Gasteiger partial charge in [0, 0.05) is 34.7 Å². The first-order valence-electron chi connectivity index (χ1n) is 4.62. The van der Waals surface area contributed by atoms with Crippen LogP contribution in [0.25, 0.3) is 0 Å². The molecule has 96 valence electrons. The molecule has 0 aromatic carbocycles. The van der Waals surface area contributed by atoms with E-state index in [0.29, 0.717) is 13.1 Å². The minimum atomic E-state index is -3.32. The van der Waals surface area contributed by atoms with Gasteiger partial charge in [-0.25, -0.2) is 16.8 Å². The van der Waals surface area contributed by atoms with E-state index in [2.05, 4.69) is 18.5 Å². The lowest BCUT2D eigenvalue weighted by molar-refractivity contribution is 0.611. The smallest absolute Gasteiger partial charge is 0.192 e. The summed E-state index contributed by atoms with van der Waals surface area (Å²) >= 11 is 0. The predicted octanol–water partition coefficient (Wildman–Crippen LogP) is 0.720. The molecule has 1 N–H and O–H groups in total. The molecule has 0 unspecified atom stereocenters. The van der Waals surface area contributed by atoms with Crippen LogP contribution in [0.1, 0.15) is 0 Å². The minimum absolute atomic E-state index is 0.311. The van der Waals surface area contributed by atoms with Gasteiger partial charge in [0.05, 0.1) is 0 Å². The molecular weight excluding hydrogens is 262 g/mol. The van der Waals surface area contributed by atoms with Gasteiger partial charge in [0.1, 0.15) is 0 Å². The van der Waals surface area contributed by atoms with Gasteiger partial charge >= 0.3 is 0 Å². The summed E-state index contributed by atoms with van der Waals surface area (Å²) in [7, 11) is -6.65. The molecule has 0 fully saturated rings. The quantitative estimate of drug-likeness (QED) is 0.661. The molecule has 0 aromatic rings. The summed E-state index contributed by atoms with van der Waals surface area (Å²) in [6.07, 6.45) is 2.82. The fourth-order valence-electron chi connectivity index (χ4n) is 0.726. The highest BCUT2D eigenvalue weighted by atomic mass is 32.2. The van der Waals surface area contributed by atoms with Crippen LogP contribution in [0.2, 0.25) is 0 Å². The average Bonchev–Trinajstić information content (AvgIpc) is 2.27. The zero-order valence-corrected chi connectivity index (χ0v) is 10.9. The maximum absolute atomic E-state index is 10.9. The van der Waals surface area contributed by atoms with Crippen molar-refractivity contribution in [3.63, 3.8) is 0 Å². The summed E-state index contributed by atoms with van der Waals surface area (Å²) in [5.41, 5.74) is 0. The molecule has 7 heteroatoms. The Hall–Kier alpha value is -1.18. The van der Waals surface area contributed by atoms with Crippen molar-refractivity contribution in [2.75, 3.05) is 13.1 Å². The molecule has 0 saturated heterocycles. The van der Waals surface area contributed by atoms with Crippen molar-refractivity contribution in [2.45, 2.75) is 0 Å². The summed E-state index contributed by atoms with van der Waals surface area (Å²) in [6.45, 7) is 6.92. The van der Waals surface area contributed by atoms with E-state index >= 15 is 0 Å². The molecule has 0 radical (unpaired) electrons. The van der Waals surface area contributed by atoms with Crippen molar-refractivity contribution in [2.24, 2.45) is 0 Å². The molecule has 0 bridgehead atoms. The van der Waals surface area contributed by atoms with E-state index in [-0.39, 0.29) is 0 Å². The van der Waals surface area contributed by atoms with Gasteiger partial charge in [-0.1, -0.05) is 25.3 Å². The fourth-order valence-corrected chi connectivity index (χ4v) is 1.68. The van der Waals surface area contributed by atoms with E-state index in [4.69, 9.17) is 0 Å². The standard InChI is InChI=1S/C10H15NO4S2/c1-3-16(12,13)9-5-7-11-8-6-10-17(14,15)4-2/h3-6,9-11H,1-2,7-8H2. The molecule has 0 aliphatic heterocycles. The number of sulfone groups is 2. The van der Waals surface area contributed by atoms with Crippen LogP contribution in [0.5, 0.6) is 0 Å². The maximum atomic E-state index is 10.9. The molecule has 0 heterocycles. The molecule has 0 aliphatic rings. The SMILES string of the molecule is C=CS(=O)(=O)C=CCNCC=CS(=O)(=O)C=C. The van der Waals surface area contributed by atoms with Crippen LogP contribution in [-0.4, -0.2) is 29.9 Å². The van der Waals surface area contributed by atoms with E-state index in [0.717, 1.165) is 21.6 Å². The number of hydrogen-bond acceptors (Lipinski definition) is 5. The van der Waals surface area contributed by atoms with Gasteiger partial charge in [-0.2, -0.15) is 0 Å². The van der Waals surface area contributed by atoms with E-state index < -0.39 is 19.7 Å². The summed E-state index contributed by atoms with van der Waals surface area (Å²) in [5, 5.41) is 6.55. The van der Waals surface area contributed by atoms with Crippen molar-refractivity contribution in [1.29, 1.82) is 0 Å². The van der Waals surface area contributed by atoms with Crippen molar-refractivity contribution >= 4 is 19.7 Å². The first-order chi connectivity index (χ1) is 7.83. The van der Waals surface area contributed by atoms with Crippen LogP contribution in [0, 0.1) is 0 Å². The molecule has 0 amide bonds. The van der Waals surface area contributed by atoms with E-state index in [1.165, 1.54) is 12.2 Å². The molecule has 17 heavy (non-hydrogen) atoms. The minimum Gasteiger partial charge on any atom is -0.310 e. The topological polar surface area (TPSA) is 80.3 Å². The van der Waals surface area contributed by atoms with Gasteiger partial charge in [0.2, 0.25) is 0 Å². The molecular formula is C10H15NO4S2. The van der Waals surface area contributed by atoms with Gasteiger partial charge in [-0.05, 0) is 0 Å². The maximum Gasteiger partial charge on any atom is 0.192 e. The van der Waals surface area contributed by atoms with Crippen LogP contribution < -0.4 is 5.32 Å². The Morgan fingerprint density at radius 3 is 1.47 bits per heavy atom. The molecule has 0 aromatic heterocycles. The monoisotopic (exact) mass is 277 g/mol. The van der Waals surface area contributed by atoms with Crippen LogP contribution in [0.3, 0.4) is 0 Å². The lowest BCUT2D eigenvalue weighted by Crippen LogP contribution is -2.13. The molecule has 0 spiro atoms. The van der Waals surface area contributed by atoms with Crippen molar-refractivity contribution in [3.05, 3.63) is 46.9 Å². The van der Waals surface area contributed by atoms with Crippen LogP contribution >= 0.6 is 0 Å². The second kappa shape index (κ2) is 7.21. The molecule has 0 atom stereocenters. The largest absolute Gasteiger partial charge is 0.310 e. The third-order valence-electron chi connectivity index (χ3n) is 1.56. The summed E-state index contributed by atoms with van der Waals surface area (Å²) in [5.74, 6) is 0. The summed E-state index contributed by atoms with van der Waals surface area (Å²) in [4.78, 5) is 0. The van der Waals surface area contributed by atoms with Crippen LogP contribution in [0.4, 0.5) is 0 Å². The highest BCUT2D eigenvalue weighted by Crippen LogP contribution is 1.92. The Morgan fingerprint density at radius 2 is 1.18 bits per heavy atom. The van der Waals surface area contributed by atoms with E-state index in [1.807, 2.05) is 0 Å². The zero-order valence-electron chi connectivity index (χ0n) is 9.24. The zero-order chi connectivity index (χ0) is 13.4. The Bertz CT molecular complexity index is 465. The molecule has 0 aliphatic carbocycles. The van der Waals surface area contributed by atoms with Crippen molar-refractivity contribution in [1.82, 2.24) is 5.32 Å². The Kier molecular flexibility index (Phi) is 6.71. The molecule has 0 saturated carbocycles. The number of hydrogen-bond donors (Lipinski definition) is 1. The summed E-state index contributed by atoms with van der Waals surface area (Å²) in [6, 6.07) is 0. The van der Waals surface area contributed by atoms with Crippen molar-refractivity contribution in [3.8, 4) is 0 Å². The number of nitrogens with one attached hydrogen (secondary N) is 1. The van der Waals surface area contributed by atoms with Gasteiger partial charge in [0.15, 0.2) is 19.7 Å². The van der Waals surface area contributed by atoms with Crippen molar-refractivity contribution < 1.29 is 16.8 Å². The molecule has 0 rings (SSSR count). The Morgan fingerprint density at radius 1 is 0.824 bits per heavy atom. The Labute approximate surface area is 102 Å². The van der Waals surface area contributed by atoms with Gasteiger partial charge in [0.25, 0.3) is 0 Å². The van der Waals surface area contributed by atoms with E-state index in [1.54, 1.807) is 0 Å². The third-order valence-corrected chi connectivity index (χ3v) is 3.63. The van der Waals surface area contributed by atoms with Crippen LogP contribution in [-0.2, 0) is 19.7 Å². The highest BCUT2D eigenvalue weighted by Gasteiger charge is 1.96. The second-order valence-electron chi connectivity index (χ2n) is 2.91. The molecule has 5 nitrogen and oxygen atoms in total. The van der Waals surface area contributed by atoms with Gasteiger partial charge < -0.3 is 5.32 Å². The third kappa shape index (κ3) is 8.61. The lowest BCUT2D eigenvalue weighted by atomic mass is 10.5. The second-order valence-corrected chi connectivity index (χ2v) is 6.48. The Balaban J connectivity index is 3.97.